The van der Waals surface area contributed by atoms with E-state index < -0.39 is 5.54 Å². The van der Waals surface area contributed by atoms with Crippen molar-refractivity contribution < 1.29 is 9.59 Å². The Bertz CT molecular complexity index is 792. The molecule has 0 radical (unpaired) electrons. The molecule has 1 aliphatic rings. The Morgan fingerprint density at radius 3 is 2.22 bits per heavy atom. The van der Waals surface area contributed by atoms with Gasteiger partial charge in [0.25, 0.3) is 5.91 Å². The molecule has 5 nitrogen and oxygen atoms in total. The van der Waals surface area contributed by atoms with Crippen LogP contribution in [-0.2, 0) is 10.3 Å². The van der Waals surface area contributed by atoms with Crippen LogP contribution in [0.3, 0.4) is 0 Å². The van der Waals surface area contributed by atoms with Gasteiger partial charge in [-0.05, 0) is 55.5 Å². The largest absolute Gasteiger partial charge is 0.339 e. The number of piperidine rings is 1. The Balaban J connectivity index is 1.65. The Morgan fingerprint density at radius 1 is 1.04 bits per heavy atom. The van der Waals surface area contributed by atoms with Crippen molar-refractivity contribution in [3.05, 3.63) is 65.7 Å². The topological polar surface area (TPSA) is 75.4 Å². The third kappa shape index (κ3) is 4.37. The summed E-state index contributed by atoms with van der Waals surface area (Å²) in [6, 6.07) is 16.3. The monoisotopic (exact) mass is 365 g/mol. The highest BCUT2D eigenvalue weighted by molar-refractivity contribution is 5.99. The van der Waals surface area contributed by atoms with Crippen LogP contribution >= 0.6 is 0 Å². The van der Waals surface area contributed by atoms with E-state index in [-0.39, 0.29) is 11.8 Å². The Hall–Kier alpha value is -2.66. The van der Waals surface area contributed by atoms with Gasteiger partial charge in [0.2, 0.25) is 5.91 Å². The van der Waals surface area contributed by atoms with Crippen LogP contribution in [0.2, 0.25) is 0 Å². The van der Waals surface area contributed by atoms with E-state index in [2.05, 4.69) is 12.2 Å². The predicted octanol–water partition coefficient (Wildman–Crippen LogP) is 3.37. The van der Waals surface area contributed by atoms with Gasteiger partial charge in [-0.15, -0.1) is 0 Å². The van der Waals surface area contributed by atoms with E-state index in [9.17, 15) is 9.59 Å². The second kappa shape index (κ2) is 7.92. The summed E-state index contributed by atoms with van der Waals surface area (Å²) in [7, 11) is 0. The summed E-state index contributed by atoms with van der Waals surface area (Å²) >= 11 is 0. The third-order valence-corrected chi connectivity index (χ3v) is 5.31. The zero-order valence-corrected chi connectivity index (χ0v) is 15.9. The SMILES string of the molecule is CC1CCN(C(=O)c2ccc(NC(=O)C(C)(N)c3ccccc3)cc2)CC1. The smallest absolute Gasteiger partial charge is 0.253 e. The number of carbonyl (C=O) groups excluding carboxylic acids is 2. The van der Waals surface area contributed by atoms with Crippen LogP contribution in [0, 0.1) is 5.92 Å². The summed E-state index contributed by atoms with van der Waals surface area (Å²) in [4.78, 5) is 27.1. The van der Waals surface area contributed by atoms with Crippen molar-refractivity contribution in [3.63, 3.8) is 0 Å². The normalized spacial score (nSPS) is 17.2. The maximum absolute atomic E-state index is 12.6. The average molecular weight is 365 g/mol. The zero-order chi connectivity index (χ0) is 19.4. The molecule has 2 amide bonds. The molecule has 1 unspecified atom stereocenters. The summed E-state index contributed by atoms with van der Waals surface area (Å²) in [5.41, 5.74) is 7.11. The molecule has 1 heterocycles. The van der Waals surface area contributed by atoms with Gasteiger partial charge in [0, 0.05) is 24.3 Å². The van der Waals surface area contributed by atoms with Crippen molar-refractivity contribution in [2.45, 2.75) is 32.2 Å². The second-order valence-corrected chi connectivity index (χ2v) is 7.57. The van der Waals surface area contributed by atoms with E-state index in [0.29, 0.717) is 17.2 Å². The van der Waals surface area contributed by atoms with Gasteiger partial charge in [-0.3, -0.25) is 9.59 Å². The minimum absolute atomic E-state index is 0.0488. The third-order valence-electron chi connectivity index (χ3n) is 5.31. The van der Waals surface area contributed by atoms with Crippen LogP contribution in [-0.4, -0.2) is 29.8 Å². The molecule has 1 fully saturated rings. The van der Waals surface area contributed by atoms with Gasteiger partial charge in [0.05, 0.1) is 0 Å². The summed E-state index contributed by atoms with van der Waals surface area (Å²) in [5, 5.41) is 2.84. The summed E-state index contributed by atoms with van der Waals surface area (Å²) in [5.74, 6) is 0.437. The first-order chi connectivity index (χ1) is 12.9. The van der Waals surface area contributed by atoms with Crippen LogP contribution in [0.25, 0.3) is 0 Å². The number of hydrogen-bond donors (Lipinski definition) is 2. The van der Waals surface area contributed by atoms with E-state index in [1.807, 2.05) is 35.2 Å². The van der Waals surface area contributed by atoms with Crippen LogP contribution in [0.15, 0.2) is 54.6 Å². The van der Waals surface area contributed by atoms with Gasteiger partial charge in [0.15, 0.2) is 0 Å². The van der Waals surface area contributed by atoms with Gasteiger partial charge in [-0.1, -0.05) is 37.3 Å². The number of anilines is 1. The summed E-state index contributed by atoms with van der Waals surface area (Å²) < 4.78 is 0. The molecule has 1 aliphatic heterocycles. The number of benzene rings is 2. The maximum atomic E-state index is 12.6. The predicted molar refractivity (Wildman–Crippen MR) is 107 cm³/mol. The van der Waals surface area contributed by atoms with E-state index >= 15 is 0 Å². The van der Waals surface area contributed by atoms with Gasteiger partial charge in [-0.25, -0.2) is 0 Å². The van der Waals surface area contributed by atoms with Crippen molar-refractivity contribution in [2.75, 3.05) is 18.4 Å². The minimum atomic E-state index is -1.14. The number of amides is 2. The van der Waals surface area contributed by atoms with Crippen molar-refractivity contribution in [3.8, 4) is 0 Å². The van der Waals surface area contributed by atoms with Crippen molar-refractivity contribution >= 4 is 17.5 Å². The number of nitrogens with two attached hydrogens (primary N) is 1. The second-order valence-electron chi connectivity index (χ2n) is 7.57. The molecule has 0 aliphatic carbocycles. The molecule has 1 saturated heterocycles. The number of carbonyl (C=O) groups is 2. The lowest BCUT2D eigenvalue weighted by Gasteiger charge is -2.30. The summed E-state index contributed by atoms with van der Waals surface area (Å²) in [6.45, 7) is 5.52. The maximum Gasteiger partial charge on any atom is 0.253 e. The van der Waals surface area contributed by atoms with E-state index in [0.717, 1.165) is 31.5 Å². The van der Waals surface area contributed by atoms with Crippen molar-refractivity contribution in [1.82, 2.24) is 4.90 Å². The molecule has 0 saturated carbocycles. The van der Waals surface area contributed by atoms with Crippen LogP contribution < -0.4 is 11.1 Å². The van der Waals surface area contributed by atoms with Crippen LogP contribution in [0.5, 0.6) is 0 Å². The van der Waals surface area contributed by atoms with Gasteiger partial charge >= 0.3 is 0 Å². The molecule has 2 aromatic rings. The molecule has 1 atom stereocenters. The van der Waals surface area contributed by atoms with Crippen molar-refractivity contribution in [2.24, 2.45) is 11.7 Å². The molecule has 3 rings (SSSR count). The van der Waals surface area contributed by atoms with Crippen LogP contribution in [0.1, 0.15) is 42.6 Å². The number of nitrogens with one attached hydrogen (secondary N) is 1. The number of rotatable bonds is 4. The average Bonchev–Trinajstić information content (AvgIpc) is 2.69. The number of likely N-dealkylation sites (tertiary alicyclic amines) is 1. The fourth-order valence-electron chi connectivity index (χ4n) is 3.27. The fourth-order valence-corrected chi connectivity index (χ4v) is 3.27. The summed E-state index contributed by atoms with van der Waals surface area (Å²) in [6.07, 6.45) is 2.10. The van der Waals surface area contributed by atoms with Crippen molar-refractivity contribution in [1.29, 1.82) is 0 Å². The molecule has 3 N–H and O–H groups in total. The first-order valence-electron chi connectivity index (χ1n) is 9.43. The Kier molecular flexibility index (Phi) is 5.61. The van der Waals surface area contributed by atoms with Gasteiger partial charge in [0.1, 0.15) is 5.54 Å². The number of nitrogens with zero attached hydrogens (tertiary/aromatic N) is 1. The van der Waals surface area contributed by atoms with E-state index in [4.69, 9.17) is 5.73 Å². The fraction of sp³-hybridized carbons (Fsp3) is 0.364. The molecule has 0 bridgehead atoms. The molecule has 5 heteroatoms. The first kappa shape index (κ1) is 19.1. The quantitative estimate of drug-likeness (QED) is 0.872. The molecular weight excluding hydrogens is 338 g/mol. The lowest BCUT2D eigenvalue weighted by atomic mass is 9.92. The van der Waals surface area contributed by atoms with E-state index in [1.165, 1.54) is 0 Å². The van der Waals surface area contributed by atoms with Gasteiger partial charge < -0.3 is 16.0 Å². The molecule has 0 aromatic heterocycles. The first-order valence-corrected chi connectivity index (χ1v) is 9.43. The standard InChI is InChI=1S/C22H27N3O2/c1-16-12-14-25(15-13-16)20(26)17-8-10-19(11-9-17)24-21(27)22(2,23)18-6-4-3-5-7-18/h3-11,16H,12-15,23H2,1-2H3,(H,24,27). The lowest BCUT2D eigenvalue weighted by Crippen LogP contribution is -2.45. The zero-order valence-electron chi connectivity index (χ0n) is 15.9. The van der Waals surface area contributed by atoms with Gasteiger partial charge in [-0.2, -0.15) is 0 Å². The number of hydrogen-bond acceptors (Lipinski definition) is 3. The Labute approximate surface area is 160 Å². The Morgan fingerprint density at radius 2 is 1.63 bits per heavy atom. The highest BCUT2D eigenvalue weighted by Gasteiger charge is 2.30. The minimum Gasteiger partial charge on any atom is -0.339 e. The molecular formula is C22H27N3O2. The molecule has 0 spiro atoms. The highest BCUT2D eigenvalue weighted by atomic mass is 16.2. The highest BCUT2D eigenvalue weighted by Crippen LogP contribution is 2.22. The molecule has 27 heavy (non-hydrogen) atoms. The van der Waals surface area contributed by atoms with E-state index in [1.54, 1.807) is 31.2 Å². The molecule has 142 valence electrons. The molecule has 2 aromatic carbocycles. The lowest BCUT2D eigenvalue weighted by molar-refractivity contribution is -0.120. The van der Waals surface area contributed by atoms with Crippen LogP contribution in [0.4, 0.5) is 5.69 Å².